The molecule has 0 fully saturated rings. The third kappa shape index (κ3) is 4.51. The van der Waals surface area contributed by atoms with Crippen LogP contribution in [-0.2, 0) is 4.79 Å². The second-order valence-corrected chi connectivity index (χ2v) is 7.06. The van der Waals surface area contributed by atoms with E-state index >= 15 is 0 Å². The van der Waals surface area contributed by atoms with Crippen LogP contribution in [0.5, 0.6) is 11.5 Å². The first-order valence-corrected chi connectivity index (χ1v) is 9.42. The van der Waals surface area contributed by atoms with E-state index in [4.69, 9.17) is 4.74 Å². The molecule has 1 unspecified atom stereocenters. The summed E-state index contributed by atoms with van der Waals surface area (Å²) < 4.78 is 5.44. The summed E-state index contributed by atoms with van der Waals surface area (Å²) in [5.74, 6) is -0.0293. The van der Waals surface area contributed by atoms with Crippen molar-refractivity contribution >= 4 is 17.6 Å². The van der Waals surface area contributed by atoms with E-state index in [1.165, 1.54) is 6.07 Å². The minimum atomic E-state index is -0.686. The fourth-order valence-electron chi connectivity index (χ4n) is 3.47. The molecule has 2 aromatic carbocycles. The number of aromatic hydroxyl groups is 1. The first kappa shape index (κ1) is 20.3. The third-order valence-corrected chi connectivity index (χ3v) is 4.61. The summed E-state index contributed by atoms with van der Waals surface area (Å²) in [6.07, 6.45) is 0. The lowest BCUT2D eigenvalue weighted by Gasteiger charge is -2.29. The average molecular weight is 395 g/mol. The van der Waals surface area contributed by atoms with Gasteiger partial charge in [-0.25, -0.2) is 4.79 Å². The number of hydrogen-bond acceptors (Lipinski definition) is 4. The molecule has 3 rings (SSSR count). The van der Waals surface area contributed by atoms with Gasteiger partial charge in [-0.05, 0) is 68.7 Å². The molecular formula is C22H25N3O4. The number of urea groups is 1. The van der Waals surface area contributed by atoms with E-state index in [1.807, 2.05) is 39.0 Å². The van der Waals surface area contributed by atoms with Crippen LogP contribution in [0.2, 0.25) is 0 Å². The van der Waals surface area contributed by atoms with E-state index in [-0.39, 0.29) is 11.7 Å². The number of allylic oxidation sites excluding steroid dienone is 1. The number of hydrogen-bond donors (Lipinski definition) is 4. The molecule has 0 saturated heterocycles. The van der Waals surface area contributed by atoms with Crippen molar-refractivity contribution < 1.29 is 19.4 Å². The molecule has 4 N–H and O–H groups in total. The van der Waals surface area contributed by atoms with Crippen LogP contribution in [0.4, 0.5) is 10.5 Å². The molecule has 7 nitrogen and oxygen atoms in total. The second kappa shape index (κ2) is 8.26. The van der Waals surface area contributed by atoms with Crippen LogP contribution in [0.25, 0.3) is 0 Å². The lowest BCUT2D eigenvalue weighted by molar-refractivity contribution is -0.113. The fourth-order valence-corrected chi connectivity index (χ4v) is 3.47. The molecule has 0 aliphatic carbocycles. The third-order valence-electron chi connectivity index (χ3n) is 4.61. The summed E-state index contributed by atoms with van der Waals surface area (Å²) in [6.45, 7) is 7.80. The molecule has 1 aliphatic heterocycles. The van der Waals surface area contributed by atoms with Gasteiger partial charge in [-0.15, -0.1) is 0 Å². The van der Waals surface area contributed by atoms with E-state index in [1.54, 1.807) is 19.1 Å². The Morgan fingerprint density at radius 3 is 2.48 bits per heavy atom. The van der Waals surface area contributed by atoms with E-state index in [9.17, 15) is 14.7 Å². The number of carbonyl (C=O) groups excluding carboxylic acids is 2. The van der Waals surface area contributed by atoms with Crippen LogP contribution in [0.3, 0.4) is 0 Å². The first-order chi connectivity index (χ1) is 13.8. The number of carbonyl (C=O) groups is 2. The van der Waals surface area contributed by atoms with Crippen LogP contribution >= 0.6 is 0 Å². The van der Waals surface area contributed by atoms with E-state index in [0.29, 0.717) is 34.9 Å². The average Bonchev–Trinajstić information content (AvgIpc) is 2.62. The van der Waals surface area contributed by atoms with Crippen LogP contribution in [0, 0.1) is 13.8 Å². The maximum Gasteiger partial charge on any atom is 0.319 e. The maximum atomic E-state index is 13.1. The van der Waals surface area contributed by atoms with Crippen molar-refractivity contribution in [2.75, 3.05) is 11.9 Å². The monoisotopic (exact) mass is 395 g/mol. The Morgan fingerprint density at radius 1 is 1.14 bits per heavy atom. The van der Waals surface area contributed by atoms with Crippen molar-refractivity contribution in [3.05, 3.63) is 64.4 Å². The number of phenolic OH excluding ortho intramolecular Hbond substituents is 1. The Labute approximate surface area is 169 Å². The standard InChI is InChI=1S/C22H25N3O4/c1-5-29-18-11-15(6-7-17(18)26)20-19(14(4)23-22(28)25-20)21(27)24-16-9-12(2)8-13(3)10-16/h6-11,20,26H,5H2,1-4H3,(H,24,27)(H2,23,25,28). The Morgan fingerprint density at radius 2 is 1.83 bits per heavy atom. The summed E-state index contributed by atoms with van der Waals surface area (Å²) in [6, 6.07) is 9.49. The summed E-state index contributed by atoms with van der Waals surface area (Å²) in [5.41, 5.74) is 4.24. The SMILES string of the molecule is CCOc1cc(C2NC(=O)NC(C)=C2C(=O)Nc2cc(C)cc(C)c2)ccc1O. The number of amides is 3. The highest BCUT2D eigenvalue weighted by Gasteiger charge is 2.31. The van der Waals surface area contributed by atoms with Crippen molar-refractivity contribution in [2.45, 2.75) is 33.7 Å². The van der Waals surface area contributed by atoms with Crippen LogP contribution < -0.4 is 20.7 Å². The van der Waals surface area contributed by atoms with Crippen molar-refractivity contribution in [2.24, 2.45) is 0 Å². The molecular weight excluding hydrogens is 370 g/mol. The van der Waals surface area contributed by atoms with Crippen molar-refractivity contribution in [1.82, 2.24) is 10.6 Å². The zero-order chi connectivity index (χ0) is 21.1. The zero-order valence-corrected chi connectivity index (χ0v) is 16.9. The first-order valence-electron chi connectivity index (χ1n) is 9.42. The number of aryl methyl sites for hydroxylation is 2. The highest BCUT2D eigenvalue weighted by Crippen LogP contribution is 2.34. The number of ether oxygens (including phenoxy) is 1. The van der Waals surface area contributed by atoms with Gasteiger partial charge in [0.25, 0.3) is 5.91 Å². The summed E-state index contributed by atoms with van der Waals surface area (Å²) in [5, 5.41) is 18.3. The molecule has 7 heteroatoms. The summed E-state index contributed by atoms with van der Waals surface area (Å²) in [4.78, 5) is 25.2. The molecule has 3 amide bonds. The largest absolute Gasteiger partial charge is 0.504 e. The van der Waals surface area contributed by atoms with Gasteiger partial charge in [-0.1, -0.05) is 12.1 Å². The number of nitrogens with one attached hydrogen (secondary N) is 3. The van der Waals surface area contributed by atoms with Gasteiger partial charge in [0, 0.05) is 11.4 Å². The van der Waals surface area contributed by atoms with Gasteiger partial charge in [0.15, 0.2) is 11.5 Å². The van der Waals surface area contributed by atoms with Gasteiger partial charge < -0.3 is 25.8 Å². The highest BCUT2D eigenvalue weighted by molar-refractivity contribution is 6.06. The lowest BCUT2D eigenvalue weighted by Crippen LogP contribution is -2.46. The normalized spacial score (nSPS) is 16.1. The maximum absolute atomic E-state index is 13.1. The van der Waals surface area contributed by atoms with Gasteiger partial charge in [-0.2, -0.15) is 0 Å². The molecule has 0 aromatic heterocycles. The van der Waals surface area contributed by atoms with E-state index in [0.717, 1.165) is 11.1 Å². The Balaban J connectivity index is 1.97. The van der Waals surface area contributed by atoms with Crippen LogP contribution in [-0.4, -0.2) is 23.7 Å². The minimum Gasteiger partial charge on any atom is -0.504 e. The second-order valence-electron chi connectivity index (χ2n) is 7.06. The van der Waals surface area contributed by atoms with Gasteiger partial charge in [0.05, 0.1) is 18.2 Å². The summed E-state index contributed by atoms with van der Waals surface area (Å²) >= 11 is 0. The number of rotatable bonds is 5. The molecule has 0 saturated carbocycles. The Kier molecular flexibility index (Phi) is 5.77. The van der Waals surface area contributed by atoms with Crippen molar-refractivity contribution in [3.8, 4) is 11.5 Å². The lowest BCUT2D eigenvalue weighted by atomic mass is 9.94. The molecule has 1 atom stereocenters. The van der Waals surface area contributed by atoms with Crippen LogP contribution in [0.15, 0.2) is 47.7 Å². The summed E-state index contributed by atoms with van der Waals surface area (Å²) in [7, 11) is 0. The van der Waals surface area contributed by atoms with E-state index < -0.39 is 12.1 Å². The van der Waals surface area contributed by atoms with E-state index in [2.05, 4.69) is 16.0 Å². The number of phenols is 1. The Bertz CT molecular complexity index is 977. The molecule has 1 aliphatic rings. The highest BCUT2D eigenvalue weighted by atomic mass is 16.5. The molecule has 29 heavy (non-hydrogen) atoms. The zero-order valence-electron chi connectivity index (χ0n) is 16.9. The van der Waals surface area contributed by atoms with Crippen LogP contribution in [0.1, 0.15) is 36.6 Å². The smallest absolute Gasteiger partial charge is 0.319 e. The number of anilines is 1. The number of benzene rings is 2. The van der Waals surface area contributed by atoms with Crippen molar-refractivity contribution in [3.63, 3.8) is 0 Å². The molecule has 152 valence electrons. The van der Waals surface area contributed by atoms with Gasteiger partial charge in [-0.3, -0.25) is 4.79 Å². The quantitative estimate of drug-likeness (QED) is 0.621. The molecule has 0 radical (unpaired) electrons. The molecule has 1 heterocycles. The topological polar surface area (TPSA) is 99.7 Å². The fraction of sp³-hybridized carbons (Fsp3) is 0.273. The molecule has 0 spiro atoms. The van der Waals surface area contributed by atoms with Gasteiger partial charge in [0.1, 0.15) is 0 Å². The van der Waals surface area contributed by atoms with Crippen molar-refractivity contribution in [1.29, 1.82) is 0 Å². The predicted molar refractivity (Wildman–Crippen MR) is 111 cm³/mol. The molecule has 0 bridgehead atoms. The Hall–Kier alpha value is -3.48. The predicted octanol–water partition coefficient (Wildman–Crippen LogP) is 3.67. The van der Waals surface area contributed by atoms with Gasteiger partial charge in [0.2, 0.25) is 0 Å². The molecule has 2 aromatic rings. The minimum absolute atomic E-state index is 0.00204. The van der Waals surface area contributed by atoms with Gasteiger partial charge >= 0.3 is 6.03 Å².